The Kier molecular flexibility index (Phi) is 1.98. The van der Waals surface area contributed by atoms with Crippen LogP contribution in [0.15, 0.2) is 27.4 Å². The molecule has 1 aromatic heterocycles. The maximum absolute atomic E-state index is 11.2. The minimum atomic E-state index is -0.396. The molecule has 20 heavy (non-hydrogen) atoms. The van der Waals surface area contributed by atoms with E-state index in [9.17, 15) is 4.79 Å². The monoisotopic (exact) mass is 270 g/mol. The van der Waals surface area contributed by atoms with Gasteiger partial charge in [-0.05, 0) is 66.5 Å². The third-order valence-electron chi connectivity index (χ3n) is 6.04. The number of aromatic amines is 1. The molecule has 3 aliphatic carbocycles. The van der Waals surface area contributed by atoms with Gasteiger partial charge in [0, 0.05) is 6.04 Å². The van der Waals surface area contributed by atoms with Gasteiger partial charge in [0.2, 0.25) is 0 Å². The summed E-state index contributed by atoms with van der Waals surface area (Å²) in [5.41, 5.74) is 8.99. The summed E-state index contributed by atoms with van der Waals surface area (Å²) >= 11 is 0. The van der Waals surface area contributed by atoms with Crippen LogP contribution in [0.3, 0.4) is 0 Å². The zero-order chi connectivity index (χ0) is 13.4. The molecule has 3 N–H and O–H groups in total. The van der Waals surface area contributed by atoms with Crippen LogP contribution in [0.1, 0.15) is 30.9 Å². The summed E-state index contributed by atoms with van der Waals surface area (Å²) in [6.45, 7) is 0. The summed E-state index contributed by atoms with van der Waals surface area (Å²) in [6, 6.07) is 5.97. The van der Waals surface area contributed by atoms with E-state index in [1.807, 2.05) is 18.2 Å². The van der Waals surface area contributed by atoms with Gasteiger partial charge in [-0.15, -0.1) is 0 Å². The number of hydrogen-bond acceptors (Lipinski definition) is 3. The van der Waals surface area contributed by atoms with Gasteiger partial charge in [0.1, 0.15) is 0 Å². The first-order valence-corrected chi connectivity index (χ1v) is 7.61. The Bertz CT molecular complexity index is 730. The number of H-pyrrole nitrogens is 1. The molecule has 0 spiro atoms. The SMILES string of the molecule is NC(c1ccc2[nH]c(=O)oc2c1)C1C2C3CCC(C3)C21. The molecule has 0 aliphatic heterocycles. The summed E-state index contributed by atoms with van der Waals surface area (Å²) in [5, 5.41) is 0. The molecule has 5 rings (SSSR count). The Balaban J connectivity index is 1.48. The van der Waals surface area contributed by atoms with Gasteiger partial charge in [-0.2, -0.15) is 0 Å². The zero-order valence-electron chi connectivity index (χ0n) is 11.2. The highest BCUT2D eigenvalue weighted by Crippen LogP contribution is 2.71. The highest BCUT2D eigenvalue weighted by atomic mass is 16.4. The van der Waals surface area contributed by atoms with Gasteiger partial charge < -0.3 is 10.2 Å². The van der Waals surface area contributed by atoms with Crippen LogP contribution in [0.2, 0.25) is 0 Å². The molecule has 1 aromatic carbocycles. The average molecular weight is 270 g/mol. The third kappa shape index (κ3) is 1.32. The highest BCUT2D eigenvalue weighted by Gasteiger charge is 2.66. The zero-order valence-corrected chi connectivity index (χ0v) is 11.2. The van der Waals surface area contributed by atoms with E-state index in [2.05, 4.69) is 4.98 Å². The molecule has 0 saturated heterocycles. The lowest BCUT2D eigenvalue weighted by Crippen LogP contribution is -2.17. The van der Waals surface area contributed by atoms with E-state index < -0.39 is 5.76 Å². The van der Waals surface area contributed by atoms with E-state index in [0.29, 0.717) is 11.5 Å². The number of benzene rings is 1. The van der Waals surface area contributed by atoms with Gasteiger partial charge in [-0.3, -0.25) is 4.98 Å². The van der Waals surface area contributed by atoms with Gasteiger partial charge >= 0.3 is 5.76 Å². The van der Waals surface area contributed by atoms with Crippen molar-refractivity contribution >= 4 is 11.1 Å². The van der Waals surface area contributed by atoms with E-state index in [1.165, 1.54) is 19.3 Å². The number of oxazole rings is 1. The Hall–Kier alpha value is -1.55. The molecule has 3 saturated carbocycles. The summed E-state index contributed by atoms with van der Waals surface area (Å²) < 4.78 is 5.14. The van der Waals surface area contributed by atoms with Crippen molar-refractivity contribution in [2.45, 2.75) is 25.3 Å². The Labute approximate surface area is 116 Å². The van der Waals surface area contributed by atoms with Crippen molar-refractivity contribution < 1.29 is 4.42 Å². The van der Waals surface area contributed by atoms with E-state index in [0.717, 1.165) is 34.8 Å². The highest BCUT2D eigenvalue weighted by molar-refractivity contribution is 5.72. The molecule has 2 bridgehead atoms. The molecular weight excluding hydrogens is 252 g/mol. The topological polar surface area (TPSA) is 72.0 Å². The van der Waals surface area contributed by atoms with Crippen molar-refractivity contribution in [3.8, 4) is 0 Å². The second-order valence-electron chi connectivity index (χ2n) is 6.86. The molecule has 104 valence electrons. The van der Waals surface area contributed by atoms with Crippen LogP contribution in [0, 0.1) is 29.6 Å². The second-order valence-corrected chi connectivity index (χ2v) is 6.86. The first-order chi connectivity index (χ1) is 9.72. The maximum atomic E-state index is 11.2. The molecule has 4 nitrogen and oxygen atoms in total. The number of rotatable bonds is 2. The van der Waals surface area contributed by atoms with Crippen molar-refractivity contribution in [3.63, 3.8) is 0 Å². The van der Waals surface area contributed by atoms with E-state index >= 15 is 0 Å². The molecule has 0 radical (unpaired) electrons. The summed E-state index contributed by atoms with van der Waals surface area (Å²) in [7, 11) is 0. The van der Waals surface area contributed by atoms with Crippen LogP contribution >= 0.6 is 0 Å². The molecular formula is C16H18N2O2. The first kappa shape index (κ1) is 11.1. The quantitative estimate of drug-likeness (QED) is 0.880. The Morgan fingerprint density at radius 2 is 2.00 bits per heavy atom. The summed E-state index contributed by atoms with van der Waals surface area (Å²) in [4.78, 5) is 13.9. The molecule has 1 heterocycles. The van der Waals surface area contributed by atoms with Crippen molar-refractivity contribution in [1.29, 1.82) is 0 Å². The van der Waals surface area contributed by atoms with Crippen molar-refractivity contribution in [3.05, 3.63) is 34.3 Å². The third-order valence-corrected chi connectivity index (χ3v) is 6.04. The van der Waals surface area contributed by atoms with Crippen LogP contribution in [0.25, 0.3) is 11.1 Å². The van der Waals surface area contributed by atoms with E-state index in [-0.39, 0.29) is 6.04 Å². The van der Waals surface area contributed by atoms with Gasteiger partial charge in [-0.25, -0.2) is 4.79 Å². The predicted molar refractivity (Wildman–Crippen MR) is 75.1 cm³/mol. The second kappa shape index (κ2) is 3.55. The molecule has 5 atom stereocenters. The predicted octanol–water partition coefficient (Wildman–Crippen LogP) is 2.41. The van der Waals surface area contributed by atoms with Crippen LogP contribution in [0.5, 0.6) is 0 Å². The smallest absolute Gasteiger partial charge is 0.408 e. The molecule has 3 aliphatic rings. The van der Waals surface area contributed by atoms with Crippen molar-refractivity contribution in [2.75, 3.05) is 0 Å². The number of fused-ring (bicyclic) bond motifs is 6. The number of nitrogens with one attached hydrogen (secondary N) is 1. The lowest BCUT2D eigenvalue weighted by molar-refractivity contribution is 0.417. The van der Waals surface area contributed by atoms with Crippen LogP contribution < -0.4 is 11.5 Å². The molecule has 3 fully saturated rings. The summed E-state index contributed by atoms with van der Waals surface area (Å²) in [5.74, 6) is 3.89. The lowest BCUT2D eigenvalue weighted by atomic mass is 9.93. The average Bonchev–Trinajstić information content (AvgIpc) is 2.76. The fourth-order valence-electron chi connectivity index (χ4n) is 5.26. The van der Waals surface area contributed by atoms with Gasteiger partial charge in [0.05, 0.1) is 5.52 Å². The van der Waals surface area contributed by atoms with Gasteiger partial charge in [-0.1, -0.05) is 6.07 Å². The number of aromatic nitrogens is 1. The fourth-order valence-corrected chi connectivity index (χ4v) is 5.26. The summed E-state index contributed by atoms with van der Waals surface area (Å²) in [6.07, 6.45) is 4.28. The fraction of sp³-hybridized carbons (Fsp3) is 0.562. The number of nitrogens with two attached hydrogens (primary N) is 1. The molecule has 0 amide bonds. The minimum Gasteiger partial charge on any atom is -0.408 e. The standard InChI is InChI=1S/C16H18N2O2/c17-15(14-12-7-1-2-8(5-7)13(12)14)9-3-4-10-11(6-9)20-16(19)18-10/h3-4,6-8,12-15H,1-2,5,17H2,(H,18,19). The lowest BCUT2D eigenvalue weighted by Gasteiger charge is -2.16. The van der Waals surface area contributed by atoms with Crippen molar-refractivity contribution in [2.24, 2.45) is 35.3 Å². The normalized spacial score (nSPS) is 39.1. The van der Waals surface area contributed by atoms with Crippen molar-refractivity contribution in [1.82, 2.24) is 4.98 Å². The minimum absolute atomic E-state index is 0.0954. The first-order valence-electron chi connectivity index (χ1n) is 7.61. The van der Waals surface area contributed by atoms with Crippen LogP contribution in [-0.2, 0) is 0 Å². The maximum Gasteiger partial charge on any atom is 0.417 e. The van der Waals surface area contributed by atoms with E-state index in [1.54, 1.807) is 0 Å². The Morgan fingerprint density at radius 1 is 1.25 bits per heavy atom. The Morgan fingerprint density at radius 3 is 2.75 bits per heavy atom. The largest absolute Gasteiger partial charge is 0.417 e. The van der Waals surface area contributed by atoms with Crippen LogP contribution in [-0.4, -0.2) is 4.98 Å². The molecule has 2 aromatic rings. The van der Waals surface area contributed by atoms with Gasteiger partial charge in [0.25, 0.3) is 0 Å². The number of hydrogen-bond donors (Lipinski definition) is 2. The molecule has 4 heteroatoms. The molecule has 5 unspecified atom stereocenters. The van der Waals surface area contributed by atoms with Gasteiger partial charge in [0.15, 0.2) is 5.58 Å². The van der Waals surface area contributed by atoms with E-state index in [4.69, 9.17) is 10.2 Å². The van der Waals surface area contributed by atoms with Crippen LogP contribution in [0.4, 0.5) is 0 Å².